The zero-order chi connectivity index (χ0) is 8.91. The SMILES string of the molecule is C=C/N=C(\C=C/N)C(C)(C)C. The van der Waals surface area contributed by atoms with Crippen molar-refractivity contribution in [3.05, 3.63) is 25.1 Å². The minimum atomic E-state index is 0.0318. The first-order chi connectivity index (χ1) is 5.02. The number of aliphatic imine (C=N–C) groups is 1. The molecule has 0 aromatic rings. The van der Waals surface area contributed by atoms with E-state index in [0.29, 0.717) is 0 Å². The molecule has 0 bridgehead atoms. The molecule has 0 atom stereocenters. The van der Waals surface area contributed by atoms with Gasteiger partial charge in [-0.15, -0.1) is 0 Å². The Bertz CT molecular complexity index is 182. The highest BCUT2D eigenvalue weighted by atomic mass is 14.7. The standard InChI is InChI=1S/C9H16N2/c1-5-11-8(6-7-10)9(2,3)4/h5-7H,1,10H2,2-4H3/b7-6-,11-8+. The van der Waals surface area contributed by atoms with Gasteiger partial charge < -0.3 is 5.73 Å². The monoisotopic (exact) mass is 152 g/mol. The zero-order valence-corrected chi connectivity index (χ0v) is 7.46. The van der Waals surface area contributed by atoms with E-state index >= 15 is 0 Å². The van der Waals surface area contributed by atoms with E-state index in [1.807, 2.05) is 0 Å². The summed E-state index contributed by atoms with van der Waals surface area (Å²) >= 11 is 0. The van der Waals surface area contributed by atoms with Crippen LogP contribution < -0.4 is 5.73 Å². The van der Waals surface area contributed by atoms with Gasteiger partial charge in [0.1, 0.15) is 0 Å². The van der Waals surface area contributed by atoms with Gasteiger partial charge in [0.25, 0.3) is 0 Å². The molecule has 2 nitrogen and oxygen atoms in total. The molecule has 0 radical (unpaired) electrons. The topological polar surface area (TPSA) is 38.4 Å². The van der Waals surface area contributed by atoms with Crippen LogP contribution in [0.3, 0.4) is 0 Å². The van der Waals surface area contributed by atoms with Crippen molar-refractivity contribution >= 4 is 5.71 Å². The van der Waals surface area contributed by atoms with Crippen molar-refractivity contribution in [2.75, 3.05) is 0 Å². The minimum absolute atomic E-state index is 0.0318. The van der Waals surface area contributed by atoms with Gasteiger partial charge in [-0.1, -0.05) is 27.4 Å². The quantitative estimate of drug-likeness (QED) is 0.604. The second-order valence-corrected chi connectivity index (χ2v) is 3.31. The fourth-order valence-corrected chi connectivity index (χ4v) is 0.676. The average molecular weight is 152 g/mol. The molecule has 2 N–H and O–H groups in total. The third kappa shape index (κ3) is 3.61. The van der Waals surface area contributed by atoms with Gasteiger partial charge >= 0.3 is 0 Å². The molecule has 0 fully saturated rings. The summed E-state index contributed by atoms with van der Waals surface area (Å²) in [6, 6.07) is 0. The normalized spacial score (nSPS) is 13.9. The minimum Gasteiger partial charge on any atom is -0.405 e. The van der Waals surface area contributed by atoms with Crippen LogP contribution in [0.15, 0.2) is 30.0 Å². The Morgan fingerprint density at radius 1 is 1.45 bits per heavy atom. The van der Waals surface area contributed by atoms with Crippen LogP contribution in [0.1, 0.15) is 20.8 Å². The molecule has 0 heterocycles. The summed E-state index contributed by atoms with van der Waals surface area (Å²) in [6.07, 6.45) is 4.82. The lowest BCUT2D eigenvalue weighted by Crippen LogP contribution is -2.18. The Morgan fingerprint density at radius 3 is 2.27 bits per heavy atom. The predicted molar refractivity (Wildman–Crippen MR) is 50.4 cm³/mol. The van der Waals surface area contributed by atoms with E-state index in [1.54, 1.807) is 6.08 Å². The Morgan fingerprint density at radius 2 is 2.00 bits per heavy atom. The van der Waals surface area contributed by atoms with E-state index in [1.165, 1.54) is 12.4 Å². The summed E-state index contributed by atoms with van der Waals surface area (Å²) in [6.45, 7) is 9.77. The Hall–Kier alpha value is -1.05. The van der Waals surface area contributed by atoms with Gasteiger partial charge in [-0.25, -0.2) is 0 Å². The van der Waals surface area contributed by atoms with E-state index in [-0.39, 0.29) is 5.41 Å². The molecule has 0 unspecified atom stereocenters. The molecule has 11 heavy (non-hydrogen) atoms. The molecular formula is C9H16N2. The molecule has 0 aliphatic heterocycles. The fraction of sp³-hybridized carbons (Fsp3) is 0.444. The van der Waals surface area contributed by atoms with E-state index in [4.69, 9.17) is 5.73 Å². The van der Waals surface area contributed by atoms with Crippen LogP contribution in [0.2, 0.25) is 0 Å². The molecule has 62 valence electrons. The van der Waals surface area contributed by atoms with Gasteiger partial charge in [0.15, 0.2) is 0 Å². The lowest BCUT2D eigenvalue weighted by Gasteiger charge is -2.17. The predicted octanol–water partition coefficient (Wildman–Crippen LogP) is 2.09. The van der Waals surface area contributed by atoms with Crippen LogP contribution in [0.5, 0.6) is 0 Å². The summed E-state index contributed by atoms with van der Waals surface area (Å²) in [7, 11) is 0. The second-order valence-electron chi connectivity index (χ2n) is 3.31. The third-order valence-electron chi connectivity index (χ3n) is 1.25. The lowest BCUT2D eigenvalue weighted by atomic mass is 9.90. The molecular weight excluding hydrogens is 136 g/mol. The number of allylic oxidation sites excluding steroid dienone is 1. The molecule has 0 spiro atoms. The number of hydrogen-bond donors (Lipinski definition) is 1. The van der Waals surface area contributed by atoms with Crippen molar-refractivity contribution in [3.63, 3.8) is 0 Å². The maximum Gasteiger partial charge on any atom is 0.0471 e. The van der Waals surface area contributed by atoms with Gasteiger partial charge in [-0.05, 0) is 12.3 Å². The van der Waals surface area contributed by atoms with Gasteiger partial charge in [0.2, 0.25) is 0 Å². The first-order valence-corrected chi connectivity index (χ1v) is 3.60. The number of nitrogens with zero attached hydrogens (tertiary/aromatic N) is 1. The summed E-state index contributed by atoms with van der Waals surface area (Å²) < 4.78 is 0. The molecule has 0 aromatic heterocycles. The average Bonchev–Trinajstić information content (AvgIpc) is 1.85. The first-order valence-electron chi connectivity index (χ1n) is 3.60. The zero-order valence-electron chi connectivity index (χ0n) is 7.46. The number of hydrogen-bond acceptors (Lipinski definition) is 2. The van der Waals surface area contributed by atoms with E-state index < -0.39 is 0 Å². The third-order valence-corrected chi connectivity index (χ3v) is 1.25. The first kappa shape index (κ1) is 9.95. The van der Waals surface area contributed by atoms with Crippen molar-refractivity contribution < 1.29 is 0 Å². The van der Waals surface area contributed by atoms with Crippen LogP contribution in [-0.4, -0.2) is 5.71 Å². The van der Waals surface area contributed by atoms with Gasteiger partial charge in [-0.3, -0.25) is 4.99 Å². The van der Waals surface area contributed by atoms with Gasteiger partial charge in [0, 0.05) is 17.3 Å². The second kappa shape index (κ2) is 3.96. The summed E-state index contributed by atoms with van der Waals surface area (Å²) in [5, 5.41) is 0. The van der Waals surface area contributed by atoms with Gasteiger partial charge in [0.05, 0.1) is 0 Å². The molecule has 0 aliphatic carbocycles. The van der Waals surface area contributed by atoms with Crippen LogP contribution in [0.4, 0.5) is 0 Å². The number of rotatable bonds is 2. The van der Waals surface area contributed by atoms with Crippen LogP contribution in [-0.2, 0) is 0 Å². The maximum absolute atomic E-state index is 5.26. The summed E-state index contributed by atoms with van der Waals surface area (Å²) in [5.74, 6) is 0. The van der Waals surface area contributed by atoms with Crippen molar-refractivity contribution in [2.24, 2.45) is 16.1 Å². The molecule has 0 amide bonds. The Labute approximate surface area is 68.5 Å². The highest BCUT2D eigenvalue weighted by Gasteiger charge is 2.15. The molecule has 0 aromatic carbocycles. The summed E-state index contributed by atoms with van der Waals surface area (Å²) in [5.41, 5.74) is 6.23. The molecule has 2 heteroatoms. The van der Waals surface area contributed by atoms with Crippen molar-refractivity contribution in [2.45, 2.75) is 20.8 Å². The maximum atomic E-state index is 5.26. The molecule has 0 rings (SSSR count). The van der Waals surface area contributed by atoms with Crippen LogP contribution >= 0.6 is 0 Å². The largest absolute Gasteiger partial charge is 0.405 e. The lowest BCUT2D eigenvalue weighted by molar-refractivity contribution is 0.594. The highest BCUT2D eigenvalue weighted by Crippen LogP contribution is 2.16. The van der Waals surface area contributed by atoms with Crippen molar-refractivity contribution in [3.8, 4) is 0 Å². The van der Waals surface area contributed by atoms with E-state index in [2.05, 4.69) is 32.3 Å². The molecule has 0 saturated carbocycles. The van der Waals surface area contributed by atoms with Crippen molar-refractivity contribution in [1.29, 1.82) is 0 Å². The highest BCUT2D eigenvalue weighted by molar-refractivity contribution is 5.99. The Kier molecular flexibility index (Phi) is 3.58. The van der Waals surface area contributed by atoms with E-state index in [0.717, 1.165) is 5.71 Å². The molecule has 0 saturated heterocycles. The summed E-state index contributed by atoms with van der Waals surface area (Å²) in [4.78, 5) is 4.10. The fourth-order valence-electron chi connectivity index (χ4n) is 0.676. The van der Waals surface area contributed by atoms with Crippen molar-refractivity contribution in [1.82, 2.24) is 0 Å². The number of nitrogens with two attached hydrogens (primary N) is 1. The van der Waals surface area contributed by atoms with E-state index in [9.17, 15) is 0 Å². The molecule has 0 aliphatic rings. The van der Waals surface area contributed by atoms with Gasteiger partial charge in [-0.2, -0.15) is 0 Å². The Balaban J connectivity index is 4.61. The smallest absolute Gasteiger partial charge is 0.0471 e. The van der Waals surface area contributed by atoms with Crippen LogP contribution in [0.25, 0.3) is 0 Å². The van der Waals surface area contributed by atoms with Crippen LogP contribution in [0, 0.1) is 5.41 Å².